The number of unbranched alkanes of at least 4 members (excludes halogenated alkanes) is 1. The highest BCUT2D eigenvalue weighted by Gasteiger charge is 2.77. The van der Waals surface area contributed by atoms with Crippen molar-refractivity contribution in [1.29, 1.82) is 0 Å². The van der Waals surface area contributed by atoms with Crippen LogP contribution in [0.15, 0.2) is 30.3 Å². The quantitative estimate of drug-likeness (QED) is 0.519. The summed E-state index contributed by atoms with van der Waals surface area (Å²) in [6, 6.07) is 8.67. The lowest BCUT2D eigenvalue weighted by atomic mass is 9.66. The Morgan fingerprint density at radius 3 is 2.56 bits per heavy atom. The van der Waals surface area contributed by atoms with Crippen LogP contribution in [0.2, 0.25) is 0 Å². The fourth-order valence-electron chi connectivity index (χ4n) is 5.87. The van der Waals surface area contributed by atoms with Crippen molar-refractivity contribution < 1.29 is 19.5 Å². The minimum absolute atomic E-state index is 0.0382. The zero-order chi connectivity index (χ0) is 23.1. The number of rotatable bonds is 8. The summed E-state index contributed by atoms with van der Waals surface area (Å²) in [6.07, 6.45) is 2.73. The summed E-state index contributed by atoms with van der Waals surface area (Å²) >= 11 is 1.68. The van der Waals surface area contributed by atoms with Gasteiger partial charge in [0.05, 0.1) is 16.6 Å². The second kappa shape index (κ2) is 8.71. The van der Waals surface area contributed by atoms with Gasteiger partial charge in [0.2, 0.25) is 17.7 Å². The molecule has 1 aromatic rings. The van der Waals surface area contributed by atoms with Crippen molar-refractivity contribution in [1.82, 2.24) is 10.2 Å². The summed E-state index contributed by atoms with van der Waals surface area (Å²) in [4.78, 5) is 42.3. The Bertz CT molecular complexity index is 894. The zero-order valence-corrected chi connectivity index (χ0v) is 19.8. The van der Waals surface area contributed by atoms with E-state index in [4.69, 9.17) is 0 Å². The molecular formula is C24H33N3O4S. The molecule has 3 aliphatic rings. The third kappa shape index (κ3) is 3.71. The van der Waals surface area contributed by atoms with Gasteiger partial charge in [-0.25, -0.2) is 0 Å². The van der Waals surface area contributed by atoms with Crippen LogP contribution in [0.5, 0.6) is 0 Å². The number of benzene rings is 1. The molecule has 174 valence electrons. The molecule has 3 N–H and O–H groups in total. The number of hydrogen-bond acceptors (Lipinski definition) is 5. The Labute approximate surface area is 193 Å². The third-order valence-corrected chi connectivity index (χ3v) is 9.07. The van der Waals surface area contributed by atoms with E-state index in [2.05, 4.69) is 17.6 Å². The number of hydrogen-bond donors (Lipinski definition) is 3. The van der Waals surface area contributed by atoms with Crippen molar-refractivity contribution in [3.05, 3.63) is 30.3 Å². The largest absolute Gasteiger partial charge is 0.396 e. The van der Waals surface area contributed by atoms with Crippen LogP contribution in [0.4, 0.5) is 5.69 Å². The summed E-state index contributed by atoms with van der Waals surface area (Å²) in [5.74, 6) is -1.40. The Hall–Kier alpha value is -2.06. The highest BCUT2D eigenvalue weighted by molar-refractivity contribution is 8.02. The number of nitrogens with one attached hydrogen (secondary N) is 2. The number of aliphatic hydroxyl groups is 1. The fourth-order valence-corrected chi connectivity index (χ4v) is 8.22. The predicted octanol–water partition coefficient (Wildman–Crippen LogP) is 2.40. The Kier molecular flexibility index (Phi) is 6.29. The van der Waals surface area contributed by atoms with Crippen molar-refractivity contribution in [2.24, 2.45) is 11.8 Å². The molecular weight excluding hydrogens is 426 g/mol. The molecule has 32 heavy (non-hydrogen) atoms. The number of carbonyl (C=O) groups is 3. The van der Waals surface area contributed by atoms with E-state index in [9.17, 15) is 19.5 Å². The van der Waals surface area contributed by atoms with Crippen molar-refractivity contribution in [3.63, 3.8) is 0 Å². The SMILES string of the molecule is CC(C)NC(=O)C1N(CCCCO)C(=O)[C@@H]2[C@H](C(=O)Nc3ccccc3)[C@]3(C)CCC12S3. The normalized spacial score (nSPS) is 33.0. The first-order valence-electron chi connectivity index (χ1n) is 11.5. The van der Waals surface area contributed by atoms with Gasteiger partial charge in [0.1, 0.15) is 6.04 Å². The van der Waals surface area contributed by atoms with Gasteiger partial charge in [-0.1, -0.05) is 18.2 Å². The summed E-state index contributed by atoms with van der Waals surface area (Å²) < 4.78 is -0.977. The van der Waals surface area contributed by atoms with Crippen molar-refractivity contribution in [3.8, 4) is 0 Å². The van der Waals surface area contributed by atoms with Gasteiger partial charge in [0, 0.05) is 29.6 Å². The van der Waals surface area contributed by atoms with Crippen LogP contribution in [-0.2, 0) is 14.4 Å². The number of fused-ring (bicyclic) bond motifs is 1. The molecule has 4 rings (SSSR count). The number of para-hydroxylation sites is 1. The van der Waals surface area contributed by atoms with Gasteiger partial charge in [-0.15, -0.1) is 11.8 Å². The van der Waals surface area contributed by atoms with Crippen molar-refractivity contribution >= 4 is 35.2 Å². The molecule has 3 fully saturated rings. The molecule has 1 aromatic carbocycles. The van der Waals surface area contributed by atoms with Gasteiger partial charge in [-0.2, -0.15) is 0 Å². The second-order valence-electron chi connectivity index (χ2n) is 9.71. The number of nitrogens with zero attached hydrogens (tertiary/aromatic N) is 1. The predicted molar refractivity (Wildman–Crippen MR) is 125 cm³/mol. The first kappa shape index (κ1) is 23.1. The van der Waals surface area contributed by atoms with E-state index in [0.29, 0.717) is 25.1 Å². The smallest absolute Gasteiger partial charge is 0.244 e. The Morgan fingerprint density at radius 1 is 1.19 bits per heavy atom. The minimum atomic E-state index is -0.595. The van der Waals surface area contributed by atoms with E-state index < -0.39 is 22.6 Å². The number of carbonyl (C=O) groups excluding carboxylic acids is 3. The Balaban J connectivity index is 1.68. The summed E-state index contributed by atoms with van der Waals surface area (Å²) in [5, 5.41) is 15.2. The summed E-state index contributed by atoms with van der Waals surface area (Å²) in [5.41, 5.74) is 0.710. The first-order chi connectivity index (χ1) is 15.2. The molecule has 2 unspecified atom stereocenters. The molecule has 3 heterocycles. The first-order valence-corrected chi connectivity index (χ1v) is 12.3. The highest BCUT2D eigenvalue weighted by Crippen LogP contribution is 2.71. The monoisotopic (exact) mass is 459 g/mol. The van der Waals surface area contributed by atoms with Crippen LogP contribution in [0.3, 0.4) is 0 Å². The molecule has 3 amide bonds. The topological polar surface area (TPSA) is 98.7 Å². The van der Waals surface area contributed by atoms with Crippen LogP contribution in [0.1, 0.15) is 46.5 Å². The zero-order valence-electron chi connectivity index (χ0n) is 19.0. The molecule has 5 atom stereocenters. The lowest BCUT2D eigenvalue weighted by Gasteiger charge is -2.35. The van der Waals surface area contributed by atoms with Gasteiger partial charge in [0.25, 0.3) is 0 Å². The molecule has 0 aliphatic carbocycles. The average Bonchev–Trinajstić information content (AvgIpc) is 3.29. The van der Waals surface area contributed by atoms with Crippen molar-refractivity contribution in [2.75, 3.05) is 18.5 Å². The lowest BCUT2D eigenvalue weighted by molar-refractivity contribution is -0.139. The van der Waals surface area contributed by atoms with Gasteiger partial charge in [-0.3, -0.25) is 14.4 Å². The van der Waals surface area contributed by atoms with Crippen molar-refractivity contribution in [2.45, 2.75) is 68.0 Å². The maximum absolute atomic E-state index is 13.8. The molecule has 0 aromatic heterocycles. The van der Waals surface area contributed by atoms with E-state index in [1.165, 1.54) is 0 Å². The maximum Gasteiger partial charge on any atom is 0.244 e. The number of amides is 3. The summed E-state index contributed by atoms with van der Waals surface area (Å²) in [7, 11) is 0. The van der Waals surface area contributed by atoms with Crippen LogP contribution in [0.25, 0.3) is 0 Å². The average molecular weight is 460 g/mol. The minimum Gasteiger partial charge on any atom is -0.396 e. The highest BCUT2D eigenvalue weighted by atomic mass is 32.2. The van der Waals surface area contributed by atoms with Gasteiger partial charge < -0.3 is 20.6 Å². The van der Waals surface area contributed by atoms with E-state index in [-0.39, 0.29) is 35.1 Å². The molecule has 0 saturated carbocycles. The molecule has 1 spiro atoms. The molecule has 0 radical (unpaired) electrons. The molecule has 3 saturated heterocycles. The van der Waals surface area contributed by atoms with Gasteiger partial charge in [-0.05, 0) is 58.6 Å². The van der Waals surface area contributed by atoms with Gasteiger partial charge in [0.15, 0.2) is 0 Å². The molecule has 3 aliphatic heterocycles. The van der Waals surface area contributed by atoms with Gasteiger partial charge >= 0.3 is 0 Å². The Morgan fingerprint density at radius 2 is 1.91 bits per heavy atom. The van der Waals surface area contributed by atoms with E-state index >= 15 is 0 Å². The second-order valence-corrected chi connectivity index (χ2v) is 11.6. The number of aliphatic hydroxyl groups excluding tert-OH is 1. The van der Waals surface area contributed by atoms with E-state index in [1.54, 1.807) is 16.7 Å². The van der Waals surface area contributed by atoms with Crippen LogP contribution in [-0.4, -0.2) is 62.5 Å². The fraction of sp³-hybridized carbons (Fsp3) is 0.625. The standard InChI is InChI=1S/C24H33N3O4S/c1-15(2)25-21(30)19-24-12-11-23(3,32-24)17(20(29)26-16-9-5-4-6-10-16)18(24)22(31)27(19)13-7-8-14-28/h4-6,9-10,15,17-19,28H,7-8,11-14H2,1-3H3,(H,25,30)(H,26,29)/t17-,18+,19?,23+,24?/m1/s1. The van der Waals surface area contributed by atoms with Crippen LogP contribution < -0.4 is 10.6 Å². The van der Waals surface area contributed by atoms with E-state index in [1.807, 2.05) is 44.2 Å². The number of anilines is 1. The molecule has 8 heteroatoms. The molecule has 7 nitrogen and oxygen atoms in total. The lowest BCUT2D eigenvalue weighted by Crippen LogP contribution is -2.54. The third-order valence-electron chi connectivity index (χ3n) is 7.09. The van der Waals surface area contributed by atoms with E-state index in [0.717, 1.165) is 12.8 Å². The van der Waals surface area contributed by atoms with Crippen LogP contribution in [0, 0.1) is 11.8 Å². The number of likely N-dealkylation sites (tertiary alicyclic amines) is 1. The van der Waals surface area contributed by atoms with Crippen LogP contribution >= 0.6 is 11.8 Å². The number of thioether (sulfide) groups is 1. The maximum atomic E-state index is 13.8. The summed E-state index contributed by atoms with van der Waals surface area (Å²) in [6.45, 7) is 6.36. The molecule has 2 bridgehead atoms.